The Labute approximate surface area is 119 Å². The summed E-state index contributed by atoms with van der Waals surface area (Å²) in [5.41, 5.74) is 0.406. The van der Waals surface area contributed by atoms with E-state index in [-0.39, 0.29) is 24.7 Å². The molecule has 2 atom stereocenters. The maximum absolute atomic E-state index is 12.2. The molecule has 0 saturated heterocycles. The van der Waals surface area contributed by atoms with Crippen LogP contribution in [0.15, 0.2) is 24.3 Å². The van der Waals surface area contributed by atoms with Crippen LogP contribution in [0.5, 0.6) is 5.75 Å². The number of carbonyl (C=O) groups is 1. The van der Waals surface area contributed by atoms with E-state index in [0.29, 0.717) is 5.92 Å². The van der Waals surface area contributed by atoms with Crippen molar-refractivity contribution in [1.29, 1.82) is 0 Å². The normalized spacial score (nSPS) is 26.2. The van der Waals surface area contributed by atoms with Crippen molar-refractivity contribution < 1.29 is 15.0 Å². The van der Waals surface area contributed by atoms with E-state index < -0.39 is 5.54 Å². The first-order valence-electron chi connectivity index (χ1n) is 7.23. The summed E-state index contributed by atoms with van der Waals surface area (Å²) in [5, 5.41) is 21.9. The van der Waals surface area contributed by atoms with Crippen molar-refractivity contribution in [3.05, 3.63) is 29.8 Å². The van der Waals surface area contributed by atoms with Crippen molar-refractivity contribution >= 4 is 5.91 Å². The molecule has 110 valence electrons. The van der Waals surface area contributed by atoms with Crippen LogP contribution in [0.1, 0.15) is 38.2 Å². The Hall–Kier alpha value is -1.55. The third-order valence-electron chi connectivity index (χ3n) is 4.10. The molecular formula is C16H23NO3. The van der Waals surface area contributed by atoms with Crippen LogP contribution >= 0.6 is 0 Å². The standard InChI is InChI=1S/C16H23NO3/c1-12-3-2-8-16(10-12,11-18)17-15(20)9-13-4-6-14(19)7-5-13/h4-7,12,18-19H,2-3,8-11H2,1H3,(H,17,20). The number of carbonyl (C=O) groups excluding carboxylic acids is 1. The topological polar surface area (TPSA) is 69.6 Å². The molecule has 4 heteroatoms. The highest BCUT2D eigenvalue weighted by molar-refractivity contribution is 5.79. The quantitative estimate of drug-likeness (QED) is 0.788. The summed E-state index contributed by atoms with van der Waals surface area (Å²) in [6.07, 6.45) is 4.16. The predicted molar refractivity (Wildman–Crippen MR) is 77.4 cm³/mol. The number of phenols is 1. The summed E-state index contributed by atoms with van der Waals surface area (Å²) in [6.45, 7) is 2.16. The van der Waals surface area contributed by atoms with E-state index in [0.717, 1.165) is 31.2 Å². The molecule has 1 aliphatic carbocycles. The Morgan fingerprint density at radius 2 is 2.10 bits per heavy atom. The lowest BCUT2D eigenvalue weighted by Gasteiger charge is -2.39. The lowest BCUT2D eigenvalue weighted by molar-refractivity contribution is -0.123. The van der Waals surface area contributed by atoms with Crippen LogP contribution in [-0.4, -0.2) is 28.3 Å². The number of hydrogen-bond acceptors (Lipinski definition) is 3. The smallest absolute Gasteiger partial charge is 0.224 e. The second-order valence-corrected chi connectivity index (χ2v) is 6.03. The molecule has 1 amide bonds. The molecule has 3 N–H and O–H groups in total. The van der Waals surface area contributed by atoms with Crippen LogP contribution < -0.4 is 5.32 Å². The van der Waals surface area contributed by atoms with E-state index in [4.69, 9.17) is 0 Å². The number of rotatable bonds is 4. The van der Waals surface area contributed by atoms with Crippen molar-refractivity contribution in [3.8, 4) is 5.75 Å². The molecule has 1 fully saturated rings. The van der Waals surface area contributed by atoms with Crippen molar-refractivity contribution in [2.24, 2.45) is 5.92 Å². The molecule has 0 spiro atoms. The predicted octanol–water partition coefficient (Wildman–Crippen LogP) is 1.99. The van der Waals surface area contributed by atoms with Gasteiger partial charge in [0.1, 0.15) is 5.75 Å². The highest BCUT2D eigenvalue weighted by Crippen LogP contribution is 2.32. The van der Waals surface area contributed by atoms with E-state index in [9.17, 15) is 15.0 Å². The molecule has 1 aromatic carbocycles. The van der Waals surface area contributed by atoms with Crippen LogP contribution in [-0.2, 0) is 11.2 Å². The van der Waals surface area contributed by atoms with Gasteiger partial charge in [0.15, 0.2) is 0 Å². The largest absolute Gasteiger partial charge is 0.508 e. The minimum Gasteiger partial charge on any atom is -0.508 e. The summed E-state index contributed by atoms with van der Waals surface area (Å²) in [4.78, 5) is 12.2. The Morgan fingerprint density at radius 3 is 2.70 bits per heavy atom. The van der Waals surface area contributed by atoms with E-state index in [1.807, 2.05) is 0 Å². The molecule has 2 rings (SSSR count). The Bertz CT molecular complexity index is 457. The van der Waals surface area contributed by atoms with Gasteiger partial charge in [0.05, 0.1) is 18.6 Å². The number of phenolic OH excluding ortho intramolecular Hbond substituents is 1. The zero-order valence-electron chi connectivity index (χ0n) is 11.9. The minimum absolute atomic E-state index is 0.00133. The van der Waals surface area contributed by atoms with Gasteiger partial charge in [-0.05, 0) is 36.5 Å². The number of benzene rings is 1. The summed E-state index contributed by atoms with van der Waals surface area (Å²) in [5.74, 6) is 0.658. The highest BCUT2D eigenvalue weighted by Gasteiger charge is 2.35. The van der Waals surface area contributed by atoms with E-state index in [1.54, 1.807) is 24.3 Å². The molecule has 0 aromatic heterocycles. The van der Waals surface area contributed by atoms with Gasteiger partial charge in [-0.3, -0.25) is 4.79 Å². The molecule has 4 nitrogen and oxygen atoms in total. The second kappa shape index (κ2) is 6.27. The molecule has 0 heterocycles. The zero-order valence-corrected chi connectivity index (χ0v) is 11.9. The Kier molecular flexibility index (Phi) is 4.65. The monoisotopic (exact) mass is 277 g/mol. The number of amides is 1. The minimum atomic E-state index is -0.453. The maximum Gasteiger partial charge on any atom is 0.224 e. The van der Waals surface area contributed by atoms with Gasteiger partial charge in [-0.2, -0.15) is 0 Å². The molecule has 0 radical (unpaired) electrons. The first kappa shape index (κ1) is 14.9. The first-order chi connectivity index (χ1) is 9.53. The SMILES string of the molecule is CC1CCCC(CO)(NC(=O)Cc2ccc(O)cc2)C1. The van der Waals surface area contributed by atoms with Crippen molar-refractivity contribution in [2.75, 3.05) is 6.61 Å². The van der Waals surface area contributed by atoms with Crippen LogP contribution in [0.4, 0.5) is 0 Å². The average Bonchev–Trinajstić information content (AvgIpc) is 2.41. The second-order valence-electron chi connectivity index (χ2n) is 6.03. The maximum atomic E-state index is 12.2. The van der Waals surface area contributed by atoms with E-state index >= 15 is 0 Å². The van der Waals surface area contributed by atoms with Crippen molar-refractivity contribution in [1.82, 2.24) is 5.32 Å². The molecule has 1 saturated carbocycles. The van der Waals surface area contributed by atoms with Crippen LogP contribution in [0.2, 0.25) is 0 Å². The van der Waals surface area contributed by atoms with Gasteiger partial charge >= 0.3 is 0 Å². The molecule has 0 bridgehead atoms. The van der Waals surface area contributed by atoms with Crippen molar-refractivity contribution in [2.45, 2.75) is 44.6 Å². The molecular weight excluding hydrogens is 254 g/mol. The number of nitrogens with one attached hydrogen (secondary N) is 1. The third kappa shape index (κ3) is 3.73. The summed E-state index contributed by atoms with van der Waals surface area (Å²) < 4.78 is 0. The fraction of sp³-hybridized carbons (Fsp3) is 0.562. The first-order valence-corrected chi connectivity index (χ1v) is 7.23. The van der Waals surface area contributed by atoms with Gasteiger partial charge in [-0.1, -0.05) is 31.9 Å². The molecule has 20 heavy (non-hydrogen) atoms. The lowest BCUT2D eigenvalue weighted by Crippen LogP contribution is -2.54. The van der Waals surface area contributed by atoms with Crippen LogP contribution in [0.25, 0.3) is 0 Å². The van der Waals surface area contributed by atoms with Gasteiger partial charge in [0.2, 0.25) is 5.91 Å². The summed E-state index contributed by atoms with van der Waals surface area (Å²) in [7, 11) is 0. The molecule has 0 aliphatic heterocycles. The number of aliphatic hydroxyl groups excluding tert-OH is 1. The molecule has 1 aliphatic rings. The van der Waals surface area contributed by atoms with Crippen LogP contribution in [0, 0.1) is 5.92 Å². The fourth-order valence-electron chi connectivity index (χ4n) is 3.10. The van der Waals surface area contributed by atoms with E-state index in [2.05, 4.69) is 12.2 Å². The van der Waals surface area contributed by atoms with Gasteiger partial charge in [0, 0.05) is 0 Å². The zero-order chi connectivity index (χ0) is 14.6. The highest BCUT2D eigenvalue weighted by atomic mass is 16.3. The molecule has 2 unspecified atom stereocenters. The fourth-order valence-corrected chi connectivity index (χ4v) is 3.10. The number of aliphatic hydroxyl groups is 1. The Morgan fingerprint density at radius 1 is 1.40 bits per heavy atom. The van der Waals surface area contributed by atoms with Gasteiger partial charge in [-0.25, -0.2) is 0 Å². The molecule has 1 aromatic rings. The van der Waals surface area contributed by atoms with Gasteiger partial charge < -0.3 is 15.5 Å². The van der Waals surface area contributed by atoms with Gasteiger partial charge in [0.25, 0.3) is 0 Å². The van der Waals surface area contributed by atoms with Crippen molar-refractivity contribution in [3.63, 3.8) is 0 Å². The number of hydrogen-bond donors (Lipinski definition) is 3. The Balaban J connectivity index is 1.97. The summed E-state index contributed by atoms with van der Waals surface area (Å²) in [6, 6.07) is 6.63. The van der Waals surface area contributed by atoms with Crippen LogP contribution in [0.3, 0.4) is 0 Å². The lowest BCUT2D eigenvalue weighted by atomic mass is 9.76. The average molecular weight is 277 g/mol. The summed E-state index contributed by atoms with van der Waals surface area (Å²) >= 11 is 0. The number of aromatic hydroxyl groups is 1. The van der Waals surface area contributed by atoms with E-state index in [1.165, 1.54) is 0 Å². The third-order valence-corrected chi connectivity index (χ3v) is 4.10. The van der Waals surface area contributed by atoms with Gasteiger partial charge in [-0.15, -0.1) is 0 Å².